The first-order chi connectivity index (χ1) is 11.4. The fraction of sp³-hybridized carbons (Fsp3) is 0.231. The largest absolute Gasteiger partial charge is 0.368 e. The number of imidazole rings is 2. The minimum atomic E-state index is 0.656. The molecule has 10 heteroatoms. The van der Waals surface area contributed by atoms with Gasteiger partial charge in [0.05, 0.1) is 12.7 Å². The molecule has 4 aromatic heterocycles. The molecular formula is C13H14N10. The van der Waals surface area contributed by atoms with E-state index in [-0.39, 0.29) is 0 Å². The van der Waals surface area contributed by atoms with Crippen molar-refractivity contribution in [3.8, 4) is 0 Å². The number of rotatable bonds is 6. The van der Waals surface area contributed by atoms with Crippen LogP contribution in [0.15, 0.2) is 25.3 Å². The summed E-state index contributed by atoms with van der Waals surface area (Å²) in [5.74, 6) is 1.51. The van der Waals surface area contributed by atoms with E-state index in [4.69, 9.17) is 0 Å². The van der Waals surface area contributed by atoms with Crippen LogP contribution >= 0.6 is 0 Å². The number of nitrogens with one attached hydrogen (secondary N) is 4. The Morgan fingerprint density at radius 3 is 1.74 bits per heavy atom. The van der Waals surface area contributed by atoms with Crippen LogP contribution in [0.25, 0.3) is 22.3 Å². The highest BCUT2D eigenvalue weighted by molar-refractivity contribution is 5.82. The molecule has 0 bridgehead atoms. The second kappa shape index (κ2) is 5.83. The topological polar surface area (TPSA) is 133 Å². The molecule has 0 radical (unpaired) electrons. The highest BCUT2D eigenvalue weighted by Crippen LogP contribution is 2.15. The Morgan fingerprint density at radius 1 is 0.696 bits per heavy atom. The minimum Gasteiger partial charge on any atom is -0.368 e. The van der Waals surface area contributed by atoms with E-state index >= 15 is 0 Å². The van der Waals surface area contributed by atoms with E-state index in [1.165, 1.54) is 12.7 Å². The van der Waals surface area contributed by atoms with Gasteiger partial charge in [0.1, 0.15) is 23.7 Å². The Bertz CT molecular complexity index is 850. The van der Waals surface area contributed by atoms with Crippen molar-refractivity contribution in [2.45, 2.75) is 6.42 Å². The lowest BCUT2D eigenvalue weighted by atomic mass is 10.4. The van der Waals surface area contributed by atoms with E-state index in [9.17, 15) is 0 Å². The summed E-state index contributed by atoms with van der Waals surface area (Å²) in [7, 11) is 0. The number of H-pyrrole nitrogens is 2. The summed E-state index contributed by atoms with van der Waals surface area (Å²) in [6.07, 6.45) is 7.10. The molecule has 4 rings (SSSR count). The molecule has 4 N–H and O–H groups in total. The zero-order valence-electron chi connectivity index (χ0n) is 12.1. The van der Waals surface area contributed by atoms with Gasteiger partial charge in [0.15, 0.2) is 22.9 Å². The third-order valence-electron chi connectivity index (χ3n) is 3.38. The van der Waals surface area contributed by atoms with Gasteiger partial charge in [-0.25, -0.2) is 29.9 Å². The first kappa shape index (κ1) is 13.4. The predicted octanol–water partition coefficient (Wildman–Crippen LogP) is 0.933. The lowest BCUT2D eigenvalue weighted by molar-refractivity contribution is 0.898. The summed E-state index contributed by atoms with van der Waals surface area (Å²) in [4.78, 5) is 30.9. The van der Waals surface area contributed by atoms with Crippen LogP contribution in [0.5, 0.6) is 0 Å². The van der Waals surface area contributed by atoms with Gasteiger partial charge in [0, 0.05) is 13.1 Å². The van der Waals surface area contributed by atoms with Gasteiger partial charge in [-0.3, -0.25) is 0 Å². The van der Waals surface area contributed by atoms with Gasteiger partial charge in [0.25, 0.3) is 0 Å². The van der Waals surface area contributed by atoms with Crippen molar-refractivity contribution in [2.75, 3.05) is 23.7 Å². The van der Waals surface area contributed by atoms with Crippen molar-refractivity contribution >= 4 is 34.0 Å². The van der Waals surface area contributed by atoms with Crippen LogP contribution in [0.1, 0.15) is 6.42 Å². The normalized spacial score (nSPS) is 11.1. The van der Waals surface area contributed by atoms with Gasteiger partial charge < -0.3 is 20.6 Å². The number of hydrogen-bond donors (Lipinski definition) is 4. The van der Waals surface area contributed by atoms with Crippen molar-refractivity contribution in [2.24, 2.45) is 0 Å². The van der Waals surface area contributed by atoms with Crippen molar-refractivity contribution in [1.82, 2.24) is 39.9 Å². The number of anilines is 2. The highest BCUT2D eigenvalue weighted by Gasteiger charge is 2.06. The van der Waals surface area contributed by atoms with Crippen LogP contribution in [-0.2, 0) is 0 Å². The summed E-state index contributed by atoms with van der Waals surface area (Å²) < 4.78 is 0. The molecule has 4 heterocycles. The summed E-state index contributed by atoms with van der Waals surface area (Å²) in [6.45, 7) is 1.52. The second-order valence-corrected chi connectivity index (χ2v) is 4.85. The zero-order valence-corrected chi connectivity index (χ0v) is 12.1. The van der Waals surface area contributed by atoms with Crippen molar-refractivity contribution < 1.29 is 0 Å². The number of fused-ring (bicyclic) bond motifs is 2. The van der Waals surface area contributed by atoms with Crippen LogP contribution in [0.2, 0.25) is 0 Å². The van der Waals surface area contributed by atoms with Gasteiger partial charge in [-0.05, 0) is 6.42 Å². The van der Waals surface area contributed by atoms with Gasteiger partial charge in [-0.15, -0.1) is 0 Å². The SMILES string of the molecule is c1nc(NCCCNc2ncnc3nc[nH]c23)c2[nH]cnc2n1. The molecule has 116 valence electrons. The van der Waals surface area contributed by atoms with Crippen molar-refractivity contribution in [3.63, 3.8) is 0 Å². The van der Waals surface area contributed by atoms with Crippen LogP contribution in [-0.4, -0.2) is 53.0 Å². The standard InChI is InChI=1S/C13H14N10/c1(2-14-10-8-12(18-4-16-8)22-6-20-10)3-15-11-9-13(19-5-17-9)23-7-21-11/h4-7H,1-3H2,(H2,14,16,18,20,22)(H2,15,17,19,21,23). The van der Waals surface area contributed by atoms with Crippen molar-refractivity contribution in [1.29, 1.82) is 0 Å². The maximum Gasteiger partial charge on any atom is 0.182 e. The van der Waals surface area contributed by atoms with Gasteiger partial charge in [-0.2, -0.15) is 0 Å². The molecular weight excluding hydrogens is 296 g/mol. The Balaban J connectivity index is 1.32. The molecule has 10 nitrogen and oxygen atoms in total. The molecule has 0 fully saturated rings. The maximum atomic E-state index is 4.22. The van der Waals surface area contributed by atoms with Gasteiger partial charge in [-0.1, -0.05) is 0 Å². The molecule has 0 saturated heterocycles. The van der Waals surface area contributed by atoms with Gasteiger partial charge in [0.2, 0.25) is 0 Å². The average molecular weight is 310 g/mol. The number of nitrogens with zero attached hydrogens (tertiary/aromatic N) is 6. The monoisotopic (exact) mass is 310 g/mol. The number of hydrogen-bond acceptors (Lipinski definition) is 8. The maximum absolute atomic E-state index is 4.22. The van der Waals surface area contributed by atoms with Crippen LogP contribution in [0.4, 0.5) is 11.6 Å². The molecule has 4 aromatic rings. The van der Waals surface area contributed by atoms with Crippen LogP contribution in [0, 0.1) is 0 Å². The van der Waals surface area contributed by atoms with Crippen molar-refractivity contribution in [3.05, 3.63) is 25.3 Å². The van der Waals surface area contributed by atoms with E-state index in [0.717, 1.165) is 42.2 Å². The molecule has 0 aromatic carbocycles. The van der Waals surface area contributed by atoms with E-state index in [1.54, 1.807) is 12.7 Å². The number of aromatic nitrogens is 8. The van der Waals surface area contributed by atoms with E-state index in [0.29, 0.717) is 11.3 Å². The lowest BCUT2D eigenvalue weighted by Gasteiger charge is -2.08. The fourth-order valence-corrected chi connectivity index (χ4v) is 2.30. The second-order valence-electron chi connectivity index (χ2n) is 4.85. The molecule has 0 spiro atoms. The molecule has 0 unspecified atom stereocenters. The first-order valence-corrected chi connectivity index (χ1v) is 7.18. The highest BCUT2D eigenvalue weighted by atomic mass is 15.1. The Labute approximate surface area is 130 Å². The molecule has 0 saturated carbocycles. The molecule has 0 aliphatic rings. The summed E-state index contributed by atoms with van der Waals surface area (Å²) >= 11 is 0. The third kappa shape index (κ3) is 2.61. The van der Waals surface area contributed by atoms with E-state index in [1.807, 2.05) is 0 Å². The Kier molecular flexibility index (Phi) is 3.39. The Morgan fingerprint density at radius 2 is 1.22 bits per heavy atom. The molecule has 0 atom stereocenters. The van der Waals surface area contributed by atoms with E-state index in [2.05, 4.69) is 50.5 Å². The fourth-order valence-electron chi connectivity index (χ4n) is 2.30. The van der Waals surface area contributed by atoms with E-state index < -0.39 is 0 Å². The zero-order chi connectivity index (χ0) is 15.5. The van der Waals surface area contributed by atoms with Gasteiger partial charge >= 0.3 is 0 Å². The first-order valence-electron chi connectivity index (χ1n) is 7.18. The molecule has 23 heavy (non-hydrogen) atoms. The minimum absolute atomic E-state index is 0.656. The Hall–Kier alpha value is -3.30. The molecule has 0 aliphatic carbocycles. The van der Waals surface area contributed by atoms with Crippen LogP contribution in [0.3, 0.4) is 0 Å². The quantitative estimate of drug-likeness (QED) is 0.387. The molecule has 0 amide bonds. The van der Waals surface area contributed by atoms with Crippen LogP contribution < -0.4 is 10.6 Å². The predicted molar refractivity (Wildman–Crippen MR) is 85.0 cm³/mol. The third-order valence-corrected chi connectivity index (χ3v) is 3.38. The smallest absolute Gasteiger partial charge is 0.182 e. The summed E-state index contributed by atoms with van der Waals surface area (Å²) in [5.41, 5.74) is 2.94. The number of aromatic amines is 2. The average Bonchev–Trinajstić information content (AvgIpc) is 3.24. The summed E-state index contributed by atoms with van der Waals surface area (Å²) in [5, 5.41) is 6.55. The molecule has 0 aliphatic heterocycles. The summed E-state index contributed by atoms with van der Waals surface area (Å²) in [6, 6.07) is 0. The lowest BCUT2D eigenvalue weighted by Crippen LogP contribution is -2.11.